The molecule has 1 aliphatic heterocycles. The van der Waals surface area contributed by atoms with Gasteiger partial charge in [-0.05, 0) is 33.8 Å². The predicted octanol–water partition coefficient (Wildman–Crippen LogP) is 3.25. The minimum Gasteiger partial charge on any atom is -0.487 e. The van der Waals surface area contributed by atoms with Gasteiger partial charge in [-0.15, -0.1) is 5.10 Å². The van der Waals surface area contributed by atoms with Gasteiger partial charge >= 0.3 is 0 Å². The van der Waals surface area contributed by atoms with Crippen molar-refractivity contribution in [3.8, 4) is 5.75 Å². The van der Waals surface area contributed by atoms with Gasteiger partial charge in [0.25, 0.3) is 0 Å². The molecule has 1 unspecified atom stereocenters. The lowest BCUT2D eigenvalue weighted by molar-refractivity contribution is 0.0656. The van der Waals surface area contributed by atoms with Crippen molar-refractivity contribution in [3.05, 3.63) is 41.7 Å². The molecule has 1 aromatic carbocycles. The Morgan fingerprint density at radius 3 is 2.86 bits per heavy atom. The second-order valence-electron chi connectivity index (χ2n) is 6.82. The molecule has 1 aromatic heterocycles. The fourth-order valence-corrected chi connectivity index (χ4v) is 2.86. The fraction of sp³-hybridized carbons (Fsp3) is 0.529. The van der Waals surface area contributed by atoms with Crippen LogP contribution >= 0.6 is 0 Å². The summed E-state index contributed by atoms with van der Waals surface area (Å²) in [5.74, 6) is 0.974. The van der Waals surface area contributed by atoms with Gasteiger partial charge in [0.05, 0.1) is 11.9 Å². The van der Waals surface area contributed by atoms with E-state index in [2.05, 4.69) is 55.5 Å². The molecule has 0 amide bonds. The van der Waals surface area contributed by atoms with Crippen LogP contribution in [0.2, 0.25) is 0 Å². The molecule has 0 saturated heterocycles. The Balaban J connectivity index is 1.74. The van der Waals surface area contributed by atoms with Crippen molar-refractivity contribution in [1.82, 2.24) is 20.3 Å². The van der Waals surface area contributed by atoms with Crippen molar-refractivity contribution in [3.63, 3.8) is 0 Å². The van der Waals surface area contributed by atoms with Crippen LogP contribution < -0.4 is 10.1 Å². The number of benzene rings is 1. The van der Waals surface area contributed by atoms with Gasteiger partial charge in [-0.2, -0.15) is 0 Å². The Labute approximate surface area is 131 Å². The summed E-state index contributed by atoms with van der Waals surface area (Å²) in [4.78, 5) is 0. The van der Waals surface area contributed by atoms with Crippen molar-refractivity contribution >= 4 is 0 Å². The highest BCUT2D eigenvalue weighted by molar-refractivity contribution is 5.38. The Bertz CT molecular complexity index is 648. The number of rotatable bonds is 4. The molecule has 2 aromatic rings. The summed E-state index contributed by atoms with van der Waals surface area (Å²) in [7, 11) is 0. The number of nitrogens with one attached hydrogen (secondary N) is 1. The zero-order chi connectivity index (χ0) is 15.7. The van der Waals surface area contributed by atoms with E-state index in [1.807, 2.05) is 23.0 Å². The smallest absolute Gasteiger partial charge is 0.124 e. The molecule has 5 heteroatoms. The van der Waals surface area contributed by atoms with E-state index in [1.165, 1.54) is 5.56 Å². The summed E-state index contributed by atoms with van der Waals surface area (Å²) in [6, 6.07) is 8.86. The molecule has 2 heterocycles. The lowest BCUT2D eigenvalue weighted by Gasteiger charge is -2.38. The summed E-state index contributed by atoms with van der Waals surface area (Å²) in [5.41, 5.74) is 2.02. The van der Waals surface area contributed by atoms with E-state index in [1.54, 1.807) is 0 Å². The van der Waals surface area contributed by atoms with Crippen LogP contribution in [0.25, 0.3) is 0 Å². The maximum Gasteiger partial charge on any atom is 0.124 e. The minimum absolute atomic E-state index is 0.165. The first-order chi connectivity index (χ1) is 10.4. The zero-order valence-electron chi connectivity index (χ0n) is 13.7. The molecule has 1 aliphatic rings. The lowest BCUT2D eigenvalue weighted by Crippen LogP contribution is -2.39. The molecule has 0 spiro atoms. The number of fused-ring (bicyclic) bond motifs is 1. The van der Waals surface area contributed by atoms with E-state index in [-0.39, 0.29) is 11.6 Å². The van der Waals surface area contributed by atoms with E-state index >= 15 is 0 Å². The normalized spacial score (nSPS) is 19.8. The van der Waals surface area contributed by atoms with Crippen molar-refractivity contribution in [1.29, 1.82) is 0 Å². The number of para-hydroxylation sites is 1. The molecular formula is C17H24N4O. The average Bonchev–Trinajstić information content (AvgIpc) is 2.92. The third-order valence-electron chi connectivity index (χ3n) is 3.99. The van der Waals surface area contributed by atoms with Crippen LogP contribution in [-0.2, 0) is 6.54 Å². The Kier molecular flexibility index (Phi) is 3.91. The van der Waals surface area contributed by atoms with Crippen LogP contribution in [0.3, 0.4) is 0 Å². The molecule has 118 valence electrons. The average molecular weight is 300 g/mol. The maximum atomic E-state index is 6.07. The molecule has 1 atom stereocenters. The molecule has 1 N–H and O–H groups in total. The largest absolute Gasteiger partial charge is 0.487 e. The van der Waals surface area contributed by atoms with Crippen LogP contribution in [-0.4, -0.2) is 20.6 Å². The van der Waals surface area contributed by atoms with Crippen molar-refractivity contribution in [2.45, 2.75) is 58.3 Å². The molecule has 0 saturated carbocycles. The number of hydrogen-bond donors (Lipinski definition) is 1. The van der Waals surface area contributed by atoms with Crippen molar-refractivity contribution in [2.75, 3.05) is 0 Å². The SMILES string of the molecule is CC(C)n1cc(CNC2CC(C)(C)Oc3ccccc32)nn1. The van der Waals surface area contributed by atoms with Gasteiger partial charge in [0.15, 0.2) is 0 Å². The van der Waals surface area contributed by atoms with Gasteiger partial charge in [-0.25, -0.2) is 4.68 Å². The highest BCUT2D eigenvalue weighted by atomic mass is 16.5. The maximum absolute atomic E-state index is 6.07. The van der Waals surface area contributed by atoms with Gasteiger partial charge in [-0.1, -0.05) is 23.4 Å². The summed E-state index contributed by atoms with van der Waals surface area (Å²) in [5, 5.41) is 12.0. The van der Waals surface area contributed by atoms with E-state index in [9.17, 15) is 0 Å². The van der Waals surface area contributed by atoms with Crippen LogP contribution in [0, 0.1) is 0 Å². The Morgan fingerprint density at radius 1 is 1.36 bits per heavy atom. The summed E-state index contributed by atoms with van der Waals surface area (Å²) >= 11 is 0. The fourth-order valence-electron chi connectivity index (χ4n) is 2.86. The highest BCUT2D eigenvalue weighted by Gasteiger charge is 2.33. The first-order valence-corrected chi connectivity index (χ1v) is 7.87. The molecule has 5 nitrogen and oxygen atoms in total. The molecular weight excluding hydrogens is 276 g/mol. The molecule has 22 heavy (non-hydrogen) atoms. The first-order valence-electron chi connectivity index (χ1n) is 7.87. The minimum atomic E-state index is -0.165. The summed E-state index contributed by atoms with van der Waals surface area (Å²) < 4.78 is 7.95. The monoisotopic (exact) mass is 300 g/mol. The molecule has 3 rings (SSSR count). The van der Waals surface area contributed by atoms with E-state index in [0.717, 1.165) is 17.9 Å². The van der Waals surface area contributed by atoms with Crippen molar-refractivity contribution in [2.24, 2.45) is 0 Å². The molecule has 0 radical (unpaired) electrons. The number of ether oxygens (including phenoxy) is 1. The van der Waals surface area contributed by atoms with Gasteiger partial charge in [-0.3, -0.25) is 0 Å². The van der Waals surface area contributed by atoms with E-state index in [0.29, 0.717) is 12.6 Å². The van der Waals surface area contributed by atoms with Crippen molar-refractivity contribution < 1.29 is 4.74 Å². The number of hydrogen-bond acceptors (Lipinski definition) is 4. The second kappa shape index (κ2) is 5.72. The van der Waals surface area contributed by atoms with Gasteiger partial charge < -0.3 is 10.1 Å². The topological polar surface area (TPSA) is 52.0 Å². The number of aromatic nitrogens is 3. The van der Waals surface area contributed by atoms with Gasteiger partial charge in [0, 0.05) is 30.6 Å². The quantitative estimate of drug-likeness (QED) is 0.941. The number of nitrogens with zero attached hydrogens (tertiary/aromatic N) is 3. The Hall–Kier alpha value is -1.88. The predicted molar refractivity (Wildman–Crippen MR) is 85.8 cm³/mol. The van der Waals surface area contributed by atoms with E-state index in [4.69, 9.17) is 4.74 Å². The Morgan fingerprint density at radius 2 is 2.14 bits per heavy atom. The third-order valence-corrected chi connectivity index (χ3v) is 3.99. The zero-order valence-corrected chi connectivity index (χ0v) is 13.7. The third kappa shape index (κ3) is 3.14. The van der Waals surface area contributed by atoms with E-state index < -0.39 is 0 Å². The van der Waals surface area contributed by atoms with Crippen LogP contribution in [0.4, 0.5) is 0 Å². The standard InChI is InChI=1S/C17H24N4O/c1-12(2)21-11-13(19-20-21)10-18-15-9-17(3,4)22-16-8-6-5-7-14(15)16/h5-8,11-12,15,18H,9-10H2,1-4H3. The second-order valence-corrected chi connectivity index (χ2v) is 6.82. The van der Waals surface area contributed by atoms with Crippen LogP contribution in [0.5, 0.6) is 5.75 Å². The first kappa shape index (κ1) is 15.0. The summed E-state index contributed by atoms with van der Waals surface area (Å²) in [6.45, 7) is 9.17. The van der Waals surface area contributed by atoms with Gasteiger partial charge in [0.2, 0.25) is 0 Å². The lowest BCUT2D eigenvalue weighted by atomic mass is 9.89. The van der Waals surface area contributed by atoms with Crippen LogP contribution in [0.1, 0.15) is 57.5 Å². The molecule has 0 fully saturated rings. The summed E-state index contributed by atoms with van der Waals surface area (Å²) in [6.07, 6.45) is 2.94. The van der Waals surface area contributed by atoms with Gasteiger partial charge in [0.1, 0.15) is 11.4 Å². The molecule has 0 aliphatic carbocycles. The molecule has 0 bridgehead atoms. The highest BCUT2D eigenvalue weighted by Crippen LogP contribution is 2.39. The van der Waals surface area contributed by atoms with Crippen LogP contribution in [0.15, 0.2) is 30.5 Å².